The van der Waals surface area contributed by atoms with Crippen molar-refractivity contribution in [2.45, 2.75) is 153 Å². The van der Waals surface area contributed by atoms with Crippen molar-refractivity contribution in [3.8, 4) is 0 Å². The topological polar surface area (TPSA) is 139 Å². The second kappa shape index (κ2) is 18.4. The molecule has 2 aliphatic carbocycles. The Morgan fingerprint density at radius 1 is 0.595 bits per heavy atom. The van der Waals surface area contributed by atoms with Crippen LogP contribution in [0.25, 0.3) is 0 Å². The Balaban J connectivity index is 1.69. The predicted octanol–water partition coefficient (Wildman–Crippen LogP) is 7.23. The summed E-state index contributed by atoms with van der Waals surface area (Å²) in [5.41, 5.74) is 0. The van der Waals surface area contributed by atoms with Crippen LogP contribution in [0.4, 0.5) is 0 Å². The molecule has 0 radical (unpaired) electrons. The van der Waals surface area contributed by atoms with Gasteiger partial charge in [0.2, 0.25) is 0 Å². The van der Waals surface area contributed by atoms with Crippen LogP contribution in [0.5, 0.6) is 0 Å². The van der Waals surface area contributed by atoms with Gasteiger partial charge in [0.25, 0.3) is 20.2 Å². The van der Waals surface area contributed by atoms with Crippen LogP contribution in [0, 0.1) is 0 Å². The number of hydrogen-bond donors (Lipinski definition) is 0. The van der Waals surface area contributed by atoms with Gasteiger partial charge in [0.1, 0.15) is 26.3 Å². The zero-order valence-corrected chi connectivity index (χ0v) is 29.8. The van der Waals surface area contributed by atoms with Gasteiger partial charge in [-0.05, 0) is 65.2 Å². The third-order valence-electron chi connectivity index (χ3n) is 8.80. The van der Waals surface area contributed by atoms with Crippen LogP contribution in [0.15, 0.2) is 0 Å². The Hall–Kier alpha value is 0.200. The minimum absolute atomic E-state index is 0.289. The van der Waals surface area contributed by atoms with Crippen molar-refractivity contribution in [3.05, 3.63) is 0 Å². The van der Waals surface area contributed by atoms with E-state index in [1.165, 1.54) is 0 Å². The maximum absolute atomic E-state index is 13.1. The fourth-order valence-electron chi connectivity index (χ4n) is 5.41. The summed E-state index contributed by atoms with van der Waals surface area (Å²) in [5, 5.41) is -2.03. The Kier molecular flexibility index (Phi) is 16.8. The molecule has 2 aliphatic rings. The van der Waals surface area contributed by atoms with Crippen LogP contribution in [0.3, 0.4) is 0 Å². The predicted molar refractivity (Wildman–Crippen MR) is 169 cm³/mol. The third kappa shape index (κ3) is 13.7. The molecule has 0 aromatic heterocycles. The van der Waals surface area contributed by atoms with Crippen molar-refractivity contribution in [3.63, 3.8) is 0 Å². The van der Waals surface area contributed by atoms with E-state index < -0.39 is 58.4 Å². The minimum Gasteiger partial charge on any atom is -0.349 e. The maximum atomic E-state index is 13.1. The first-order chi connectivity index (χ1) is 19.7. The van der Waals surface area contributed by atoms with Crippen molar-refractivity contribution < 1.29 is 43.8 Å². The first-order valence-electron chi connectivity index (χ1n) is 15.9. The van der Waals surface area contributed by atoms with Gasteiger partial charge in [0, 0.05) is 12.3 Å². The van der Waals surface area contributed by atoms with Gasteiger partial charge in [-0.2, -0.15) is 16.8 Å². The molecule has 2 rings (SSSR count). The first kappa shape index (κ1) is 38.4. The molecule has 0 heterocycles. The van der Waals surface area contributed by atoms with E-state index in [4.69, 9.17) is 17.8 Å². The standard InChI is InChI=1S/C28H56O10P2S2/c1-5-27(3,35-23-41(31,32)37-25-17-11-9-12-18-25)39(29)21-15-7-8-16-22-40(30)28(4,6-2)36-24-42(33,34)38-26-19-13-10-14-20-26/h25-26,39-40H,5-24H2,1-4H3. The molecule has 4 atom stereocenters. The summed E-state index contributed by atoms with van der Waals surface area (Å²) < 4.78 is 98.0. The highest BCUT2D eigenvalue weighted by atomic mass is 32.2. The molecule has 2 saturated carbocycles. The number of hydrogen-bond acceptors (Lipinski definition) is 10. The van der Waals surface area contributed by atoms with Gasteiger partial charge in [0.15, 0.2) is 11.9 Å². The quantitative estimate of drug-likeness (QED) is 0.0694. The summed E-state index contributed by atoms with van der Waals surface area (Å²) >= 11 is 0. The molecule has 10 nitrogen and oxygen atoms in total. The molecular formula is C28H56O10P2S2. The summed E-state index contributed by atoms with van der Waals surface area (Å²) in [6.45, 7) is 7.11. The minimum atomic E-state index is -3.85. The molecular weight excluding hydrogens is 622 g/mol. The molecule has 0 aliphatic heterocycles. The summed E-state index contributed by atoms with van der Waals surface area (Å²) in [7, 11) is -12.2. The lowest BCUT2D eigenvalue weighted by Crippen LogP contribution is -2.30. The average molecular weight is 679 g/mol. The SMILES string of the molecule is CCC(C)(OCS(=O)(=O)OC1CCCCC1)[PH](=O)CCCCCC[PH](=O)C(C)(CC)OCS(=O)(=O)OC1CCCCC1. The van der Waals surface area contributed by atoms with Crippen LogP contribution in [0.1, 0.15) is 130 Å². The Bertz CT molecular complexity index is 973. The van der Waals surface area contributed by atoms with Crippen molar-refractivity contribution in [1.82, 2.24) is 0 Å². The summed E-state index contributed by atoms with van der Waals surface area (Å²) in [6, 6.07) is 0. The maximum Gasteiger partial charge on any atom is 0.292 e. The number of unbranched alkanes of at least 4 members (excludes halogenated alkanes) is 3. The van der Waals surface area contributed by atoms with Gasteiger partial charge < -0.3 is 18.6 Å². The molecule has 2 fully saturated rings. The molecule has 0 bridgehead atoms. The normalized spacial score (nSPS) is 22.3. The Morgan fingerprint density at radius 2 is 0.929 bits per heavy atom. The van der Waals surface area contributed by atoms with E-state index in [9.17, 15) is 26.0 Å². The zero-order chi connectivity index (χ0) is 31.3. The van der Waals surface area contributed by atoms with Gasteiger partial charge in [-0.25, -0.2) is 0 Å². The monoisotopic (exact) mass is 678 g/mol. The van der Waals surface area contributed by atoms with E-state index in [1.807, 2.05) is 13.8 Å². The van der Waals surface area contributed by atoms with E-state index in [0.717, 1.165) is 77.0 Å². The molecule has 0 saturated heterocycles. The van der Waals surface area contributed by atoms with Gasteiger partial charge in [-0.1, -0.05) is 65.2 Å². The summed E-state index contributed by atoms with van der Waals surface area (Å²) in [4.78, 5) is 0. The van der Waals surface area contributed by atoms with Crippen LogP contribution in [-0.2, 0) is 47.2 Å². The number of rotatable bonds is 21. The lowest BCUT2D eigenvalue weighted by molar-refractivity contribution is 0.0501. The van der Waals surface area contributed by atoms with E-state index in [-0.39, 0.29) is 12.2 Å². The second-order valence-electron chi connectivity index (χ2n) is 12.3. The third-order valence-corrected chi connectivity index (χ3v) is 15.7. The molecule has 0 N–H and O–H groups in total. The smallest absolute Gasteiger partial charge is 0.292 e. The molecule has 4 unspecified atom stereocenters. The van der Waals surface area contributed by atoms with Crippen molar-refractivity contribution in [2.75, 3.05) is 24.2 Å². The lowest BCUT2D eigenvalue weighted by atomic mass is 9.98. The highest BCUT2D eigenvalue weighted by Gasteiger charge is 2.34. The van der Waals surface area contributed by atoms with Crippen LogP contribution in [-0.4, -0.2) is 63.9 Å². The first-order valence-corrected chi connectivity index (χ1v) is 22.3. The zero-order valence-electron chi connectivity index (χ0n) is 26.2. The van der Waals surface area contributed by atoms with Crippen molar-refractivity contribution in [1.29, 1.82) is 0 Å². The number of ether oxygens (including phenoxy) is 2. The summed E-state index contributed by atoms with van der Waals surface area (Å²) in [5.74, 6) is -1.18. The fourth-order valence-corrected chi connectivity index (χ4v) is 11.2. The molecule has 0 aromatic carbocycles. The second-order valence-corrected chi connectivity index (χ2v) is 20.2. The fraction of sp³-hybridized carbons (Fsp3) is 1.00. The average Bonchev–Trinajstić information content (AvgIpc) is 2.96. The molecule has 14 heteroatoms. The largest absolute Gasteiger partial charge is 0.349 e. The molecule has 42 heavy (non-hydrogen) atoms. The summed E-state index contributed by atoms with van der Waals surface area (Å²) in [6.07, 6.45) is 13.1. The van der Waals surface area contributed by atoms with Gasteiger partial charge in [-0.3, -0.25) is 8.37 Å². The van der Waals surface area contributed by atoms with Gasteiger partial charge >= 0.3 is 0 Å². The Morgan fingerprint density at radius 3 is 1.24 bits per heavy atom. The molecule has 0 aromatic rings. The highest BCUT2D eigenvalue weighted by molar-refractivity contribution is 7.86. The van der Waals surface area contributed by atoms with Gasteiger partial charge in [0.05, 0.1) is 12.2 Å². The van der Waals surface area contributed by atoms with E-state index in [1.54, 1.807) is 13.8 Å². The van der Waals surface area contributed by atoms with Gasteiger partial charge in [-0.15, -0.1) is 0 Å². The molecule has 250 valence electrons. The van der Waals surface area contributed by atoms with Crippen LogP contribution >= 0.6 is 15.6 Å². The van der Waals surface area contributed by atoms with Crippen molar-refractivity contribution in [2.24, 2.45) is 0 Å². The van der Waals surface area contributed by atoms with E-state index >= 15 is 0 Å². The lowest BCUT2D eigenvalue weighted by Gasteiger charge is -2.29. The van der Waals surface area contributed by atoms with Crippen molar-refractivity contribution >= 4 is 35.8 Å². The Labute approximate surface area is 256 Å². The van der Waals surface area contributed by atoms with Crippen LogP contribution in [0.2, 0.25) is 0 Å². The molecule has 0 spiro atoms. The van der Waals surface area contributed by atoms with E-state index in [0.29, 0.717) is 38.0 Å². The van der Waals surface area contributed by atoms with E-state index in [2.05, 4.69) is 0 Å². The highest BCUT2D eigenvalue weighted by Crippen LogP contribution is 2.45. The van der Waals surface area contributed by atoms with Crippen LogP contribution < -0.4 is 0 Å². The molecule has 0 amide bonds.